The quantitative estimate of drug-likeness (QED) is 0.249. The molecule has 3 heterocycles. The van der Waals surface area contributed by atoms with Gasteiger partial charge in [-0.05, 0) is 24.3 Å². The van der Waals surface area contributed by atoms with Crippen molar-refractivity contribution in [2.45, 2.75) is 0 Å². The molecule has 0 amide bonds. The van der Waals surface area contributed by atoms with Crippen LogP contribution < -0.4 is 0 Å². The Labute approximate surface area is 217 Å². The lowest BCUT2D eigenvalue weighted by atomic mass is 10.0. The zero-order valence-corrected chi connectivity index (χ0v) is 20.3. The van der Waals surface area contributed by atoms with Crippen molar-refractivity contribution in [3.05, 3.63) is 121 Å². The van der Waals surface area contributed by atoms with Crippen molar-refractivity contribution < 1.29 is 8.83 Å². The first-order chi connectivity index (χ1) is 18.8. The molecule has 38 heavy (non-hydrogen) atoms. The van der Waals surface area contributed by atoms with Gasteiger partial charge < -0.3 is 8.83 Å². The lowest BCUT2D eigenvalue weighted by molar-refractivity contribution is 0.663. The van der Waals surface area contributed by atoms with E-state index in [4.69, 9.17) is 18.8 Å². The number of nitrogens with zero attached hydrogens (tertiary/aromatic N) is 2. The molecule has 0 N–H and O–H groups in total. The standard InChI is InChI=1S/C34H20N2O2/c1-3-11-21(12-4-1)26-20-27(22-13-5-2-6-14-22)36-34(35-26)25-19-30-31(23-15-7-9-17-28(23)37-30)32-24-16-8-10-18-29(24)38-33(25)32/h1-20H. The largest absolute Gasteiger partial charge is 0.456 e. The number of rotatable bonds is 3. The monoisotopic (exact) mass is 488 g/mol. The number of furan rings is 2. The molecule has 8 aromatic rings. The number of benzene rings is 5. The molecule has 8 rings (SSSR count). The van der Waals surface area contributed by atoms with Crippen LogP contribution >= 0.6 is 0 Å². The fraction of sp³-hybridized carbons (Fsp3) is 0. The van der Waals surface area contributed by atoms with Gasteiger partial charge in [-0.15, -0.1) is 0 Å². The molecule has 5 aromatic carbocycles. The molecule has 0 unspecified atom stereocenters. The summed E-state index contributed by atoms with van der Waals surface area (Å²) in [7, 11) is 0. The second-order valence-corrected chi connectivity index (χ2v) is 9.39. The fourth-order valence-corrected chi connectivity index (χ4v) is 5.35. The highest BCUT2D eigenvalue weighted by molar-refractivity contribution is 6.28. The van der Waals surface area contributed by atoms with E-state index in [2.05, 4.69) is 36.4 Å². The van der Waals surface area contributed by atoms with Gasteiger partial charge in [0.2, 0.25) is 0 Å². The van der Waals surface area contributed by atoms with Crippen LogP contribution in [0.25, 0.3) is 77.8 Å². The Kier molecular flexibility index (Phi) is 4.49. The van der Waals surface area contributed by atoms with Gasteiger partial charge in [0, 0.05) is 32.7 Å². The minimum absolute atomic E-state index is 0.594. The van der Waals surface area contributed by atoms with Crippen LogP contribution in [0, 0.1) is 0 Å². The maximum Gasteiger partial charge on any atom is 0.164 e. The highest BCUT2D eigenvalue weighted by Gasteiger charge is 2.22. The van der Waals surface area contributed by atoms with Crippen molar-refractivity contribution in [1.29, 1.82) is 0 Å². The minimum Gasteiger partial charge on any atom is -0.456 e. The van der Waals surface area contributed by atoms with Gasteiger partial charge in [0.1, 0.15) is 22.3 Å². The van der Waals surface area contributed by atoms with Gasteiger partial charge in [-0.1, -0.05) is 97.1 Å². The maximum atomic E-state index is 6.53. The summed E-state index contributed by atoms with van der Waals surface area (Å²) < 4.78 is 12.9. The number of hydrogen-bond donors (Lipinski definition) is 0. The summed E-state index contributed by atoms with van der Waals surface area (Å²) in [6.45, 7) is 0. The van der Waals surface area contributed by atoms with Crippen molar-refractivity contribution in [2.75, 3.05) is 0 Å². The molecule has 4 nitrogen and oxygen atoms in total. The predicted molar refractivity (Wildman–Crippen MR) is 153 cm³/mol. The first-order valence-corrected chi connectivity index (χ1v) is 12.6. The molecular weight excluding hydrogens is 468 g/mol. The van der Waals surface area contributed by atoms with E-state index in [9.17, 15) is 0 Å². The lowest BCUT2D eigenvalue weighted by Crippen LogP contribution is -1.96. The van der Waals surface area contributed by atoms with Crippen LogP contribution in [0.5, 0.6) is 0 Å². The van der Waals surface area contributed by atoms with E-state index in [1.54, 1.807) is 0 Å². The van der Waals surface area contributed by atoms with Gasteiger partial charge in [0.25, 0.3) is 0 Å². The van der Waals surface area contributed by atoms with Gasteiger partial charge in [-0.2, -0.15) is 0 Å². The molecule has 0 aliphatic heterocycles. The van der Waals surface area contributed by atoms with Crippen LogP contribution in [0.3, 0.4) is 0 Å². The predicted octanol–water partition coefficient (Wildman–Crippen LogP) is 9.28. The van der Waals surface area contributed by atoms with E-state index < -0.39 is 0 Å². The van der Waals surface area contributed by atoms with Gasteiger partial charge in [-0.3, -0.25) is 0 Å². The fourth-order valence-electron chi connectivity index (χ4n) is 5.35. The molecule has 0 saturated heterocycles. The van der Waals surface area contributed by atoms with E-state index in [1.165, 1.54) is 0 Å². The molecule has 3 aromatic heterocycles. The van der Waals surface area contributed by atoms with Crippen molar-refractivity contribution in [2.24, 2.45) is 0 Å². The highest BCUT2D eigenvalue weighted by atomic mass is 16.3. The smallest absolute Gasteiger partial charge is 0.164 e. The third-order valence-electron chi connectivity index (χ3n) is 7.09. The number of hydrogen-bond acceptors (Lipinski definition) is 4. The highest BCUT2D eigenvalue weighted by Crippen LogP contribution is 2.44. The normalized spacial score (nSPS) is 11.7. The Morgan fingerprint density at radius 2 is 0.974 bits per heavy atom. The molecule has 0 aliphatic carbocycles. The van der Waals surface area contributed by atoms with Crippen molar-refractivity contribution in [3.63, 3.8) is 0 Å². The van der Waals surface area contributed by atoms with Gasteiger partial charge >= 0.3 is 0 Å². The van der Waals surface area contributed by atoms with Gasteiger partial charge in [0.05, 0.1) is 17.0 Å². The van der Waals surface area contributed by atoms with Crippen LogP contribution in [-0.2, 0) is 0 Å². The Morgan fingerprint density at radius 1 is 0.447 bits per heavy atom. The van der Waals surface area contributed by atoms with Crippen molar-refractivity contribution in [1.82, 2.24) is 9.97 Å². The molecule has 178 valence electrons. The third kappa shape index (κ3) is 3.17. The summed E-state index contributed by atoms with van der Waals surface area (Å²) in [4.78, 5) is 10.1. The number of aromatic nitrogens is 2. The molecule has 0 saturated carbocycles. The van der Waals surface area contributed by atoms with Crippen LogP contribution in [0.1, 0.15) is 0 Å². The molecule has 4 heteroatoms. The van der Waals surface area contributed by atoms with E-state index in [0.29, 0.717) is 5.82 Å². The first kappa shape index (κ1) is 20.9. The van der Waals surface area contributed by atoms with Crippen LogP contribution in [0.4, 0.5) is 0 Å². The molecule has 0 atom stereocenters. The van der Waals surface area contributed by atoms with Crippen LogP contribution in [-0.4, -0.2) is 9.97 Å². The van der Waals surface area contributed by atoms with Gasteiger partial charge in [0.15, 0.2) is 5.82 Å². The van der Waals surface area contributed by atoms with Crippen molar-refractivity contribution >= 4 is 43.9 Å². The van der Waals surface area contributed by atoms with E-state index in [0.717, 1.165) is 72.0 Å². The summed E-state index contributed by atoms with van der Waals surface area (Å²) in [5.41, 5.74) is 7.77. The summed E-state index contributed by atoms with van der Waals surface area (Å²) in [6.07, 6.45) is 0. The Morgan fingerprint density at radius 3 is 1.61 bits per heavy atom. The first-order valence-electron chi connectivity index (χ1n) is 12.6. The third-order valence-corrected chi connectivity index (χ3v) is 7.09. The molecular formula is C34H20N2O2. The average molecular weight is 489 g/mol. The second kappa shape index (κ2) is 8.15. The summed E-state index contributed by atoms with van der Waals surface area (Å²) in [5, 5.41) is 4.18. The Bertz CT molecular complexity index is 2070. The Hall–Kier alpha value is -5.22. The summed E-state index contributed by atoms with van der Waals surface area (Å²) in [6, 6.07) is 40.7. The molecule has 0 radical (unpaired) electrons. The summed E-state index contributed by atoms with van der Waals surface area (Å²) >= 11 is 0. The number of fused-ring (bicyclic) bond motifs is 7. The average Bonchev–Trinajstić information content (AvgIpc) is 3.55. The Balaban J connectivity index is 1.50. The van der Waals surface area contributed by atoms with Crippen molar-refractivity contribution in [3.8, 4) is 33.9 Å². The van der Waals surface area contributed by atoms with E-state index >= 15 is 0 Å². The molecule has 0 bridgehead atoms. The zero-order chi connectivity index (χ0) is 25.1. The maximum absolute atomic E-state index is 6.53. The molecule has 0 fully saturated rings. The molecule has 0 aliphatic rings. The zero-order valence-electron chi connectivity index (χ0n) is 20.3. The SMILES string of the molecule is c1ccc(-c2cc(-c3ccccc3)nc(-c3cc4oc5ccccc5c4c4c3oc3ccccc34)n2)cc1. The number of para-hydroxylation sites is 2. The van der Waals surface area contributed by atoms with Crippen LogP contribution in [0.2, 0.25) is 0 Å². The van der Waals surface area contributed by atoms with E-state index in [-0.39, 0.29) is 0 Å². The minimum atomic E-state index is 0.594. The second-order valence-electron chi connectivity index (χ2n) is 9.39. The summed E-state index contributed by atoms with van der Waals surface area (Å²) in [5.74, 6) is 0.594. The molecule has 0 spiro atoms. The topological polar surface area (TPSA) is 52.1 Å². The lowest BCUT2D eigenvalue weighted by Gasteiger charge is -2.10. The van der Waals surface area contributed by atoms with Gasteiger partial charge in [-0.25, -0.2) is 9.97 Å². The van der Waals surface area contributed by atoms with Crippen LogP contribution in [0.15, 0.2) is 130 Å². The van der Waals surface area contributed by atoms with E-state index in [1.807, 2.05) is 84.9 Å².